The maximum Gasteiger partial charge on any atom is 0.126 e. The lowest BCUT2D eigenvalue weighted by Gasteiger charge is -2.10. The lowest BCUT2D eigenvalue weighted by atomic mass is 10.2. The van der Waals surface area contributed by atoms with E-state index in [0.717, 1.165) is 25.0 Å². The van der Waals surface area contributed by atoms with E-state index in [9.17, 15) is 0 Å². The minimum absolute atomic E-state index is 0.234. The molecule has 1 aromatic rings. The van der Waals surface area contributed by atoms with Gasteiger partial charge in [0.1, 0.15) is 17.2 Å². The van der Waals surface area contributed by atoms with Gasteiger partial charge in [0.2, 0.25) is 0 Å². The normalized spacial score (nSPS) is 12.0. The van der Waals surface area contributed by atoms with Gasteiger partial charge in [0, 0.05) is 18.2 Å². The second kappa shape index (κ2) is 7.82. The van der Waals surface area contributed by atoms with Crippen molar-refractivity contribution < 1.29 is 19.3 Å². The smallest absolute Gasteiger partial charge is 0.126 e. The number of aliphatic hydroxyl groups is 1. The zero-order valence-electron chi connectivity index (χ0n) is 11.3. The van der Waals surface area contributed by atoms with Gasteiger partial charge in [-0.05, 0) is 26.2 Å². The molecule has 0 bridgehead atoms. The molecule has 0 spiro atoms. The third-order valence-corrected chi connectivity index (χ3v) is 2.61. The van der Waals surface area contributed by atoms with E-state index < -0.39 is 0 Å². The molecule has 0 amide bonds. The summed E-state index contributed by atoms with van der Waals surface area (Å²) in [5, 5.41) is 9.13. The number of hydrogen-bond acceptors (Lipinski definition) is 4. The van der Waals surface area contributed by atoms with Crippen molar-refractivity contribution in [1.82, 2.24) is 0 Å². The summed E-state index contributed by atoms with van der Waals surface area (Å²) in [5.41, 5.74) is 0. The summed E-state index contributed by atoms with van der Waals surface area (Å²) in [6.45, 7) is 2.43. The van der Waals surface area contributed by atoms with Crippen molar-refractivity contribution in [2.45, 2.75) is 32.3 Å². The SMILES string of the molecule is COc1cc(OC)cc(OCCCCC(C)O)c1. The average Bonchev–Trinajstić information content (AvgIpc) is 2.37. The Morgan fingerprint density at radius 1 is 1.00 bits per heavy atom. The number of benzene rings is 1. The molecule has 0 heterocycles. The molecule has 0 saturated heterocycles. The standard InChI is InChI=1S/C14H22O4/c1-11(15)6-4-5-7-18-14-9-12(16-2)8-13(10-14)17-3/h8-11,15H,4-7H2,1-3H3. The fourth-order valence-electron chi connectivity index (χ4n) is 1.60. The van der Waals surface area contributed by atoms with Crippen LogP contribution in [0.15, 0.2) is 18.2 Å². The van der Waals surface area contributed by atoms with E-state index in [-0.39, 0.29) is 6.10 Å². The molecule has 4 nitrogen and oxygen atoms in total. The first-order valence-electron chi connectivity index (χ1n) is 6.19. The molecule has 0 fully saturated rings. The van der Waals surface area contributed by atoms with Crippen molar-refractivity contribution in [2.75, 3.05) is 20.8 Å². The number of aliphatic hydroxyl groups excluding tert-OH is 1. The van der Waals surface area contributed by atoms with Crippen molar-refractivity contribution in [3.05, 3.63) is 18.2 Å². The van der Waals surface area contributed by atoms with Gasteiger partial charge in [-0.3, -0.25) is 0 Å². The quantitative estimate of drug-likeness (QED) is 0.724. The minimum atomic E-state index is -0.234. The molecular weight excluding hydrogens is 232 g/mol. The zero-order valence-corrected chi connectivity index (χ0v) is 11.3. The molecule has 1 aromatic carbocycles. The molecule has 0 aliphatic heterocycles. The molecule has 0 aliphatic carbocycles. The molecule has 1 atom stereocenters. The van der Waals surface area contributed by atoms with Crippen LogP contribution in [0.3, 0.4) is 0 Å². The first kappa shape index (κ1) is 14.6. The molecular formula is C14H22O4. The lowest BCUT2D eigenvalue weighted by Crippen LogP contribution is -2.02. The average molecular weight is 254 g/mol. The van der Waals surface area contributed by atoms with Crippen LogP contribution in [0.1, 0.15) is 26.2 Å². The monoisotopic (exact) mass is 254 g/mol. The van der Waals surface area contributed by atoms with Gasteiger partial charge in [-0.15, -0.1) is 0 Å². The van der Waals surface area contributed by atoms with E-state index in [4.69, 9.17) is 19.3 Å². The lowest BCUT2D eigenvalue weighted by molar-refractivity contribution is 0.177. The summed E-state index contributed by atoms with van der Waals surface area (Å²) in [6.07, 6.45) is 2.45. The summed E-state index contributed by atoms with van der Waals surface area (Å²) in [5.74, 6) is 2.17. The minimum Gasteiger partial charge on any atom is -0.496 e. The predicted molar refractivity (Wildman–Crippen MR) is 70.6 cm³/mol. The van der Waals surface area contributed by atoms with Crippen LogP contribution >= 0.6 is 0 Å². The maximum atomic E-state index is 9.13. The fraction of sp³-hybridized carbons (Fsp3) is 0.571. The molecule has 1 unspecified atom stereocenters. The summed E-state index contributed by atoms with van der Waals surface area (Å²) >= 11 is 0. The number of ether oxygens (including phenoxy) is 3. The number of rotatable bonds is 8. The highest BCUT2D eigenvalue weighted by Gasteiger charge is 2.03. The maximum absolute atomic E-state index is 9.13. The Balaban J connectivity index is 2.41. The molecule has 0 saturated carbocycles. The van der Waals surface area contributed by atoms with Crippen molar-refractivity contribution in [3.8, 4) is 17.2 Å². The summed E-state index contributed by atoms with van der Waals surface area (Å²) in [6, 6.07) is 5.47. The van der Waals surface area contributed by atoms with Gasteiger partial charge in [0.05, 0.1) is 26.9 Å². The first-order chi connectivity index (χ1) is 8.65. The van der Waals surface area contributed by atoms with Gasteiger partial charge in [0.25, 0.3) is 0 Å². The molecule has 1 N–H and O–H groups in total. The van der Waals surface area contributed by atoms with E-state index in [1.54, 1.807) is 27.2 Å². The number of hydrogen-bond donors (Lipinski definition) is 1. The Hall–Kier alpha value is -1.42. The highest BCUT2D eigenvalue weighted by molar-refractivity contribution is 5.41. The zero-order chi connectivity index (χ0) is 13.4. The molecule has 1 rings (SSSR count). The topological polar surface area (TPSA) is 47.9 Å². The van der Waals surface area contributed by atoms with Crippen molar-refractivity contribution in [3.63, 3.8) is 0 Å². The van der Waals surface area contributed by atoms with Gasteiger partial charge in [-0.1, -0.05) is 0 Å². The van der Waals surface area contributed by atoms with Crippen LogP contribution in [0.4, 0.5) is 0 Å². The van der Waals surface area contributed by atoms with Crippen molar-refractivity contribution in [1.29, 1.82) is 0 Å². The van der Waals surface area contributed by atoms with Crippen LogP contribution in [0.25, 0.3) is 0 Å². The highest BCUT2D eigenvalue weighted by atomic mass is 16.5. The predicted octanol–water partition coefficient (Wildman–Crippen LogP) is 2.63. The molecule has 0 radical (unpaired) electrons. The number of unbranched alkanes of at least 4 members (excludes halogenated alkanes) is 1. The Morgan fingerprint density at radius 2 is 1.56 bits per heavy atom. The summed E-state index contributed by atoms with van der Waals surface area (Å²) < 4.78 is 16.0. The Bertz CT molecular complexity index is 327. The third-order valence-electron chi connectivity index (χ3n) is 2.61. The first-order valence-corrected chi connectivity index (χ1v) is 6.19. The van der Waals surface area contributed by atoms with Gasteiger partial charge >= 0.3 is 0 Å². The van der Waals surface area contributed by atoms with E-state index in [0.29, 0.717) is 18.1 Å². The molecule has 0 aliphatic rings. The van der Waals surface area contributed by atoms with E-state index in [1.165, 1.54) is 0 Å². The summed E-state index contributed by atoms with van der Waals surface area (Å²) in [4.78, 5) is 0. The molecule has 4 heteroatoms. The fourth-order valence-corrected chi connectivity index (χ4v) is 1.60. The Morgan fingerprint density at radius 3 is 2.06 bits per heavy atom. The second-order valence-corrected chi connectivity index (χ2v) is 4.24. The molecule has 102 valence electrons. The van der Waals surface area contributed by atoms with Crippen LogP contribution in [0, 0.1) is 0 Å². The van der Waals surface area contributed by atoms with Crippen LogP contribution in [0.2, 0.25) is 0 Å². The van der Waals surface area contributed by atoms with Crippen molar-refractivity contribution in [2.24, 2.45) is 0 Å². The third kappa shape index (κ3) is 5.27. The highest BCUT2D eigenvalue weighted by Crippen LogP contribution is 2.27. The van der Waals surface area contributed by atoms with Gasteiger partial charge < -0.3 is 19.3 Å². The molecule has 0 aromatic heterocycles. The largest absolute Gasteiger partial charge is 0.496 e. The van der Waals surface area contributed by atoms with Crippen LogP contribution in [-0.4, -0.2) is 32.0 Å². The van der Waals surface area contributed by atoms with E-state index in [2.05, 4.69) is 0 Å². The van der Waals surface area contributed by atoms with E-state index in [1.807, 2.05) is 12.1 Å². The Labute approximate surface area is 108 Å². The van der Waals surface area contributed by atoms with Crippen LogP contribution < -0.4 is 14.2 Å². The Kier molecular flexibility index (Phi) is 6.36. The second-order valence-electron chi connectivity index (χ2n) is 4.24. The number of methoxy groups -OCH3 is 2. The van der Waals surface area contributed by atoms with Crippen LogP contribution in [-0.2, 0) is 0 Å². The summed E-state index contributed by atoms with van der Waals surface area (Å²) in [7, 11) is 3.22. The molecule has 18 heavy (non-hydrogen) atoms. The van der Waals surface area contributed by atoms with Gasteiger partial charge in [-0.2, -0.15) is 0 Å². The van der Waals surface area contributed by atoms with Crippen LogP contribution in [0.5, 0.6) is 17.2 Å². The van der Waals surface area contributed by atoms with Crippen molar-refractivity contribution >= 4 is 0 Å². The van der Waals surface area contributed by atoms with E-state index >= 15 is 0 Å². The van der Waals surface area contributed by atoms with Gasteiger partial charge in [-0.25, -0.2) is 0 Å². The van der Waals surface area contributed by atoms with Gasteiger partial charge in [0.15, 0.2) is 0 Å².